The maximum atomic E-state index is 12.8. The Labute approximate surface area is 129 Å². The predicted octanol–water partition coefficient (Wildman–Crippen LogP) is 2.76. The first-order valence-corrected chi connectivity index (χ1v) is 7.76. The van der Waals surface area contributed by atoms with Gasteiger partial charge in [0.15, 0.2) is 11.6 Å². The van der Waals surface area contributed by atoms with Gasteiger partial charge in [-0.3, -0.25) is 9.59 Å². The lowest BCUT2D eigenvalue weighted by Gasteiger charge is -2.12. The van der Waals surface area contributed by atoms with Crippen LogP contribution in [0, 0.1) is 5.92 Å². The van der Waals surface area contributed by atoms with Gasteiger partial charge in [0.1, 0.15) is 0 Å². The van der Waals surface area contributed by atoms with Crippen LogP contribution in [0.15, 0.2) is 54.3 Å². The lowest BCUT2D eigenvalue weighted by atomic mass is 9.93. The minimum absolute atomic E-state index is 0.0272. The molecule has 3 aliphatic rings. The van der Waals surface area contributed by atoms with E-state index in [1.165, 1.54) is 0 Å². The Balaban J connectivity index is 1.89. The van der Waals surface area contributed by atoms with E-state index in [1.807, 2.05) is 55.5 Å². The molecule has 3 heteroatoms. The molecule has 1 aromatic rings. The molecule has 0 bridgehead atoms. The summed E-state index contributed by atoms with van der Waals surface area (Å²) in [5.74, 6) is -0.207. The van der Waals surface area contributed by atoms with Gasteiger partial charge in [-0.05, 0) is 17.5 Å². The number of Topliss-reactive ketones (excluding diaryl/α,β-unsaturated/α-hetero) is 2. The summed E-state index contributed by atoms with van der Waals surface area (Å²) >= 11 is 0. The number of carbonyl (C=O) groups is 2. The van der Waals surface area contributed by atoms with Gasteiger partial charge in [0.05, 0.1) is 23.2 Å². The number of rotatable bonds is 1. The highest BCUT2D eigenvalue weighted by atomic mass is 16.1. The van der Waals surface area contributed by atoms with Crippen molar-refractivity contribution in [1.29, 1.82) is 0 Å². The van der Waals surface area contributed by atoms with Crippen LogP contribution in [-0.4, -0.2) is 17.6 Å². The SMILES string of the molecule is CCC1C(=O)/C(=C2\NC3C=CC=CC3C2=O)c2ccccc21. The fourth-order valence-corrected chi connectivity index (χ4v) is 3.74. The van der Waals surface area contributed by atoms with Crippen molar-refractivity contribution in [3.8, 4) is 0 Å². The van der Waals surface area contributed by atoms with Crippen molar-refractivity contribution in [2.24, 2.45) is 5.92 Å². The number of hydrogen-bond donors (Lipinski definition) is 1. The monoisotopic (exact) mass is 291 g/mol. The summed E-state index contributed by atoms with van der Waals surface area (Å²) < 4.78 is 0. The molecule has 1 aromatic carbocycles. The van der Waals surface area contributed by atoms with Crippen LogP contribution in [0.3, 0.4) is 0 Å². The number of fused-ring (bicyclic) bond motifs is 2. The molecular weight excluding hydrogens is 274 g/mol. The van der Waals surface area contributed by atoms with Crippen LogP contribution in [-0.2, 0) is 9.59 Å². The van der Waals surface area contributed by atoms with Crippen molar-refractivity contribution in [1.82, 2.24) is 5.32 Å². The fourth-order valence-electron chi connectivity index (χ4n) is 3.74. The third-order valence-electron chi connectivity index (χ3n) is 4.82. The number of ketones is 2. The van der Waals surface area contributed by atoms with Crippen LogP contribution in [0.4, 0.5) is 0 Å². The highest BCUT2D eigenvalue weighted by Gasteiger charge is 2.43. The molecule has 1 saturated heterocycles. The van der Waals surface area contributed by atoms with Crippen molar-refractivity contribution in [3.63, 3.8) is 0 Å². The Hall–Kier alpha value is -2.42. The first-order valence-electron chi connectivity index (χ1n) is 7.76. The van der Waals surface area contributed by atoms with Gasteiger partial charge in [-0.2, -0.15) is 0 Å². The topological polar surface area (TPSA) is 46.2 Å². The maximum Gasteiger partial charge on any atom is 0.188 e. The lowest BCUT2D eigenvalue weighted by molar-refractivity contribution is -0.117. The second-order valence-electron chi connectivity index (χ2n) is 5.99. The van der Waals surface area contributed by atoms with Crippen molar-refractivity contribution in [2.45, 2.75) is 25.3 Å². The molecule has 110 valence electrons. The second kappa shape index (κ2) is 4.80. The number of hydrogen-bond acceptors (Lipinski definition) is 3. The van der Waals surface area contributed by atoms with E-state index in [4.69, 9.17) is 0 Å². The van der Waals surface area contributed by atoms with Crippen molar-refractivity contribution in [2.75, 3.05) is 0 Å². The zero-order valence-electron chi connectivity index (χ0n) is 12.4. The summed E-state index contributed by atoms with van der Waals surface area (Å²) in [7, 11) is 0. The van der Waals surface area contributed by atoms with Crippen LogP contribution in [0.1, 0.15) is 30.4 Å². The van der Waals surface area contributed by atoms with E-state index in [0.29, 0.717) is 11.3 Å². The number of carbonyl (C=O) groups excluding carboxylic acids is 2. The molecule has 3 nitrogen and oxygen atoms in total. The molecule has 1 heterocycles. The molecule has 0 saturated carbocycles. The molecule has 0 amide bonds. The molecule has 2 aliphatic carbocycles. The summed E-state index contributed by atoms with van der Waals surface area (Å²) in [4.78, 5) is 25.6. The van der Waals surface area contributed by atoms with Gasteiger partial charge in [0.2, 0.25) is 0 Å². The van der Waals surface area contributed by atoms with E-state index in [9.17, 15) is 9.59 Å². The van der Waals surface area contributed by atoms with Crippen LogP contribution >= 0.6 is 0 Å². The summed E-state index contributed by atoms with van der Waals surface area (Å²) in [6, 6.07) is 7.81. The Morgan fingerprint density at radius 3 is 2.59 bits per heavy atom. The van der Waals surface area contributed by atoms with Gasteiger partial charge in [0, 0.05) is 5.92 Å². The average molecular weight is 291 g/mol. The van der Waals surface area contributed by atoms with Crippen molar-refractivity contribution >= 4 is 17.1 Å². The maximum absolute atomic E-state index is 12.8. The Morgan fingerprint density at radius 2 is 1.82 bits per heavy atom. The quantitative estimate of drug-likeness (QED) is 0.809. The largest absolute Gasteiger partial charge is 0.374 e. The minimum atomic E-state index is -0.187. The first-order chi connectivity index (χ1) is 10.7. The van der Waals surface area contributed by atoms with Gasteiger partial charge >= 0.3 is 0 Å². The Kier molecular flexibility index (Phi) is 2.89. The van der Waals surface area contributed by atoms with Crippen molar-refractivity contribution < 1.29 is 9.59 Å². The smallest absolute Gasteiger partial charge is 0.188 e. The van der Waals surface area contributed by atoms with E-state index in [-0.39, 0.29) is 29.4 Å². The van der Waals surface area contributed by atoms with Gasteiger partial charge < -0.3 is 5.32 Å². The zero-order chi connectivity index (χ0) is 15.3. The van der Waals surface area contributed by atoms with E-state index < -0.39 is 0 Å². The first kappa shape index (κ1) is 13.3. The number of benzene rings is 1. The highest BCUT2D eigenvalue weighted by molar-refractivity contribution is 6.32. The molecule has 4 rings (SSSR count). The predicted molar refractivity (Wildman–Crippen MR) is 85.1 cm³/mol. The standard InChI is InChI=1S/C19H17NO2/c1-2-11-12-7-3-4-8-13(12)16(18(11)21)17-19(22)14-9-5-6-10-15(14)20-17/h3-11,14-15,20H,2H2,1H3/b17-16-. The summed E-state index contributed by atoms with van der Waals surface area (Å²) in [6.07, 6.45) is 8.49. The number of nitrogens with one attached hydrogen (secondary N) is 1. The molecule has 0 spiro atoms. The van der Waals surface area contributed by atoms with Gasteiger partial charge in [0.25, 0.3) is 0 Å². The molecule has 22 heavy (non-hydrogen) atoms. The molecular formula is C19H17NO2. The Morgan fingerprint density at radius 1 is 1.05 bits per heavy atom. The van der Waals surface area contributed by atoms with Crippen LogP contribution in [0.5, 0.6) is 0 Å². The second-order valence-corrected chi connectivity index (χ2v) is 5.99. The zero-order valence-corrected chi connectivity index (χ0v) is 12.4. The molecule has 3 atom stereocenters. The highest BCUT2D eigenvalue weighted by Crippen LogP contribution is 2.42. The minimum Gasteiger partial charge on any atom is -0.374 e. The van der Waals surface area contributed by atoms with E-state index in [0.717, 1.165) is 17.5 Å². The third kappa shape index (κ3) is 1.68. The molecule has 0 aromatic heterocycles. The molecule has 3 unspecified atom stereocenters. The summed E-state index contributed by atoms with van der Waals surface area (Å²) in [6.45, 7) is 2.02. The average Bonchev–Trinajstić information content (AvgIpc) is 3.01. The molecule has 1 fully saturated rings. The van der Waals surface area contributed by atoms with Crippen LogP contribution < -0.4 is 5.32 Å². The molecule has 1 aliphatic heterocycles. The van der Waals surface area contributed by atoms with Gasteiger partial charge in [-0.1, -0.05) is 55.5 Å². The Bertz CT molecular complexity index is 769. The normalized spacial score (nSPS) is 32.1. The summed E-state index contributed by atoms with van der Waals surface area (Å²) in [5.41, 5.74) is 3.05. The van der Waals surface area contributed by atoms with Crippen molar-refractivity contribution in [3.05, 3.63) is 65.4 Å². The van der Waals surface area contributed by atoms with Crippen LogP contribution in [0.25, 0.3) is 5.57 Å². The fraction of sp³-hybridized carbons (Fsp3) is 0.263. The lowest BCUT2D eigenvalue weighted by Crippen LogP contribution is -2.25. The van der Waals surface area contributed by atoms with E-state index in [1.54, 1.807) is 0 Å². The van der Waals surface area contributed by atoms with Gasteiger partial charge in [-0.25, -0.2) is 0 Å². The van der Waals surface area contributed by atoms with E-state index >= 15 is 0 Å². The van der Waals surface area contributed by atoms with Gasteiger partial charge in [-0.15, -0.1) is 0 Å². The van der Waals surface area contributed by atoms with Crippen LogP contribution in [0.2, 0.25) is 0 Å². The van der Waals surface area contributed by atoms with E-state index in [2.05, 4.69) is 5.32 Å². The third-order valence-corrected chi connectivity index (χ3v) is 4.82. The number of allylic oxidation sites excluding steroid dienone is 4. The molecule has 0 radical (unpaired) electrons. The summed E-state index contributed by atoms with van der Waals surface area (Å²) in [5, 5.41) is 3.27. The molecule has 1 N–H and O–H groups in total.